The van der Waals surface area contributed by atoms with Gasteiger partial charge in [-0.3, -0.25) is 4.79 Å². The minimum Gasteiger partial charge on any atom is -0.484 e. The van der Waals surface area contributed by atoms with Gasteiger partial charge in [0.25, 0.3) is 11.8 Å². The Hall–Kier alpha value is -0.820. The van der Waals surface area contributed by atoms with E-state index >= 15 is 0 Å². The van der Waals surface area contributed by atoms with Crippen molar-refractivity contribution in [1.82, 2.24) is 5.32 Å². The SMILES string of the molecule is Cl.NCC(F)(F)CNC(=O)COc1cc(Cl)cc(Cl)c1. The normalized spacial score (nSPS) is 10.7. The molecule has 4 nitrogen and oxygen atoms in total. The molecule has 114 valence electrons. The van der Waals surface area contributed by atoms with Crippen molar-refractivity contribution in [3.8, 4) is 5.75 Å². The first-order valence-corrected chi connectivity index (χ1v) is 6.01. The van der Waals surface area contributed by atoms with E-state index in [1.54, 1.807) is 0 Å². The molecule has 0 unspecified atom stereocenters. The predicted octanol–water partition coefficient (Wildman–Crippen LogP) is 2.50. The summed E-state index contributed by atoms with van der Waals surface area (Å²) in [5.74, 6) is -3.54. The highest BCUT2D eigenvalue weighted by Gasteiger charge is 2.27. The molecule has 20 heavy (non-hydrogen) atoms. The third kappa shape index (κ3) is 7.09. The van der Waals surface area contributed by atoms with E-state index in [9.17, 15) is 13.6 Å². The number of amides is 1. The van der Waals surface area contributed by atoms with Crippen LogP contribution in [0.1, 0.15) is 0 Å². The molecule has 0 fully saturated rings. The van der Waals surface area contributed by atoms with Crippen LogP contribution in [0, 0.1) is 0 Å². The van der Waals surface area contributed by atoms with Crippen LogP contribution in [0.5, 0.6) is 5.75 Å². The van der Waals surface area contributed by atoms with Crippen LogP contribution in [-0.2, 0) is 4.79 Å². The maximum absolute atomic E-state index is 12.8. The minimum absolute atomic E-state index is 0. The van der Waals surface area contributed by atoms with Gasteiger partial charge in [0.1, 0.15) is 5.75 Å². The molecule has 1 rings (SSSR count). The van der Waals surface area contributed by atoms with E-state index in [-0.39, 0.29) is 18.2 Å². The van der Waals surface area contributed by atoms with Gasteiger partial charge in [0.05, 0.1) is 13.1 Å². The maximum atomic E-state index is 12.8. The van der Waals surface area contributed by atoms with E-state index in [2.05, 4.69) is 0 Å². The Morgan fingerprint density at radius 3 is 2.35 bits per heavy atom. The Balaban J connectivity index is 0.00000361. The molecule has 0 saturated heterocycles. The molecule has 0 bridgehead atoms. The van der Waals surface area contributed by atoms with Crippen molar-refractivity contribution < 1.29 is 18.3 Å². The summed E-state index contributed by atoms with van der Waals surface area (Å²) in [6, 6.07) is 4.41. The number of alkyl halides is 2. The van der Waals surface area contributed by atoms with Gasteiger partial charge in [0.15, 0.2) is 6.61 Å². The lowest BCUT2D eigenvalue weighted by Gasteiger charge is -2.14. The number of carbonyl (C=O) groups excluding carboxylic acids is 1. The van der Waals surface area contributed by atoms with Crippen LogP contribution in [0.3, 0.4) is 0 Å². The fourth-order valence-corrected chi connectivity index (χ4v) is 1.62. The first-order chi connectivity index (χ1) is 8.82. The Morgan fingerprint density at radius 1 is 1.30 bits per heavy atom. The molecule has 9 heteroatoms. The summed E-state index contributed by atoms with van der Waals surface area (Å²) in [5.41, 5.74) is 4.83. The Bertz CT molecular complexity index is 441. The van der Waals surface area contributed by atoms with Crippen LogP contribution < -0.4 is 15.8 Å². The Kier molecular flexibility index (Phi) is 8.12. The Morgan fingerprint density at radius 2 is 1.85 bits per heavy atom. The highest BCUT2D eigenvalue weighted by molar-refractivity contribution is 6.34. The third-order valence-electron chi connectivity index (χ3n) is 2.05. The summed E-state index contributed by atoms with van der Waals surface area (Å²) in [4.78, 5) is 11.3. The lowest BCUT2D eigenvalue weighted by atomic mass is 10.3. The van der Waals surface area contributed by atoms with Gasteiger partial charge in [-0.05, 0) is 18.2 Å². The second-order valence-corrected chi connectivity index (χ2v) is 4.60. The summed E-state index contributed by atoms with van der Waals surface area (Å²) in [7, 11) is 0. The van der Waals surface area contributed by atoms with Crippen LogP contribution in [0.15, 0.2) is 18.2 Å². The molecule has 0 heterocycles. The quantitative estimate of drug-likeness (QED) is 0.829. The molecule has 0 spiro atoms. The smallest absolute Gasteiger partial charge is 0.277 e. The summed E-state index contributed by atoms with van der Waals surface area (Å²) in [5, 5.41) is 2.70. The average Bonchev–Trinajstić information content (AvgIpc) is 2.33. The number of nitrogens with two attached hydrogens (primary N) is 1. The second-order valence-electron chi connectivity index (χ2n) is 3.73. The zero-order valence-electron chi connectivity index (χ0n) is 10.2. The molecule has 0 saturated carbocycles. The van der Waals surface area contributed by atoms with E-state index in [4.69, 9.17) is 33.7 Å². The predicted molar refractivity (Wildman–Crippen MR) is 76.2 cm³/mol. The zero-order chi connectivity index (χ0) is 14.5. The summed E-state index contributed by atoms with van der Waals surface area (Å²) in [6.45, 7) is -2.09. The zero-order valence-corrected chi connectivity index (χ0v) is 12.5. The second kappa shape index (κ2) is 8.46. The third-order valence-corrected chi connectivity index (χ3v) is 2.49. The highest BCUT2D eigenvalue weighted by Crippen LogP contribution is 2.24. The molecule has 0 radical (unpaired) electrons. The lowest BCUT2D eigenvalue weighted by Crippen LogP contribution is -2.43. The number of halogens is 5. The average molecular weight is 350 g/mol. The number of benzene rings is 1. The number of nitrogens with one attached hydrogen (secondary N) is 1. The van der Waals surface area contributed by atoms with Crippen LogP contribution in [0.2, 0.25) is 10.0 Å². The van der Waals surface area contributed by atoms with Crippen LogP contribution >= 0.6 is 35.6 Å². The van der Waals surface area contributed by atoms with Crippen LogP contribution in [-0.4, -0.2) is 31.5 Å². The first kappa shape index (κ1) is 19.2. The van der Waals surface area contributed by atoms with Gasteiger partial charge in [-0.25, -0.2) is 8.78 Å². The Labute approximate surface area is 131 Å². The van der Waals surface area contributed by atoms with E-state index < -0.39 is 31.5 Å². The van der Waals surface area contributed by atoms with Crippen LogP contribution in [0.25, 0.3) is 0 Å². The molecule has 0 aromatic heterocycles. The maximum Gasteiger partial charge on any atom is 0.277 e. The van der Waals surface area contributed by atoms with Crippen LogP contribution in [0.4, 0.5) is 8.78 Å². The summed E-state index contributed by atoms with van der Waals surface area (Å²) >= 11 is 11.5. The van der Waals surface area contributed by atoms with E-state index in [0.29, 0.717) is 10.0 Å². The molecule has 0 aliphatic carbocycles. The van der Waals surface area contributed by atoms with Crippen molar-refractivity contribution in [2.24, 2.45) is 5.73 Å². The fourth-order valence-electron chi connectivity index (χ4n) is 1.11. The minimum atomic E-state index is -3.13. The topological polar surface area (TPSA) is 64.3 Å². The summed E-state index contributed by atoms with van der Waals surface area (Å²) < 4.78 is 30.6. The van der Waals surface area contributed by atoms with Crippen molar-refractivity contribution >= 4 is 41.5 Å². The van der Waals surface area contributed by atoms with Crippen molar-refractivity contribution in [2.45, 2.75) is 5.92 Å². The molecule has 1 amide bonds. The van der Waals surface area contributed by atoms with Crippen molar-refractivity contribution in [1.29, 1.82) is 0 Å². The standard InChI is InChI=1S/C11H12Cl2F2N2O2.ClH/c12-7-1-8(13)3-9(2-7)19-4-10(18)17-6-11(14,15)5-16;/h1-3H,4-6,16H2,(H,17,18);1H. The number of hydrogen-bond acceptors (Lipinski definition) is 3. The van der Waals surface area contributed by atoms with Crippen molar-refractivity contribution in [3.05, 3.63) is 28.2 Å². The number of rotatable bonds is 6. The van der Waals surface area contributed by atoms with Crippen molar-refractivity contribution in [2.75, 3.05) is 19.7 Å². The molecule has 0 aliphatic heterocycles. The molecule has 1 aromatic rings. The van der Waals surface area contributed by atoms with Gasteiger partial charge >= 0.3 is 0 Å². The largest absolute Gasteiger partial charge is 0.484 e. The molecular formula is C11H13Cl3F2N2O2. The summed E-state index contributed by atoms with van der Waals surface area (Å²) in [6.07, 6.45) is 0. The van der Waals surface area contributed by atoms with Gasteiger partial charge in [-0.15, -0.1) is 12.4 Å². The van der Waals surface area contributed by atoms with Gasteiger partial charge in [-0.2, -0.15) is 0 Å². The molecule has 1 aromatic carbocycles. The van der Waals surface area contributed by atoms with Gasteiger partial charge in [-0.1, -0.05) is 23.2 Å². The van der Waals surface area contributed by atoms with Crippen molar-refractivity contribution in [3.63, 3.8) is 0 Å². The van der Waals surface area contributed by atoms with E-state index in [0.717, 1.165) is 0 Å². The number of carbonyl (C=O) groups is 1. The number of hydrogen-bond donors (Lipinski definition) is 2. The van der Waals surface area contributed by atoms with Gasteiger partial charge in [0.2, 0.25) is 0 Å². The monoisotopic (exact) mass is 348 g/mol. The molecule has 3 N–H and O–H groups in total. The van der Waals surface area contributed by atoms with Gasteiger partial charge in [0, 0.05) is 10.0 Å². The molecule has 0 atom stereocenters. The highest BCUT2D eigenvalue weighted by atomic mass is 35.5. The van der Waals surface area contributed by atoms with E-state index in [1.807, 2.05) is 5.32 Å². The lowest BCUT2D eigenvalue weighted by molar-refractivity contribution is -0.124. The fraction of sp³-hybridized carbons (Fsp3) is 0.364. The first-order valence-electron chi connectivity index (χ1n) is 5.26. The molecule has 0 aliphatic rings. The molecular weight excluding hydrogens is 336 g/mol. The number of ether oxygens (including phenoxy) is 1. The van der Waals surface area contributed by atoms with E-state index in [1.165, 1.54) is 18.2 Å². The van der Waals surface area contributed by atoms with Gasteiger partial charge < -0.3 is 15.8 Å².